The summed E-state index contributed by atoms with van der Waals surface area (Å²) in [7, 11) is 0. The van der Waals surface area contributed by atoms with E-state index in [0.29, 0.717) is 17.8 Å². The van der Waals surface area contributed by atoms with Gasteiger partial charge in [0.05, 0.1) is 17.6 Å². The van der Waals surface area contributed by atoms with Crippen molar-refractivity contribution in [2.24, 2.45) is 0 Å². The van der Waals surface area contributed by atoms with Crippen LogP contribution in [0.4, 0.5) is 11.4 Å². The molecule has 112 valence electrons. The highest BCUT2D eigenvalue weighted by Crippen LogP contribution is 2.21. The van der Waals surface area contributed by atoms with Crippen molar-refractivity contribution in [2.45, 2.75) is 26.3 Å². The lowest BCUT2D eigenvalue weighted by atomic mass is 10.1. The molecule has 1 atom stereocenters. The molecule has 4 N–H and O–H groups in total. The van der Waals surface area contributed by atoms with Crippen molar-refractivity contribution in [2.75, 3.05) is 17.6 Å². The summed E-state index contributed by atoms with van der Waals surface area (Å²) in [5.74, 6) is 0.813. The molecule has 0 aliphatic carbocycles. The van der Waals surface area contributed by atoms with Crippen LogP contribution < -0.4 is 16.4 Å². The third kappa shape index (κ3) is 4.02. The van der Waals surface area contributed by atoms with Gasteiger partial charge in [0.25, 0.3) is 5.91 Å². The average molecular weight is 287 g/mol. The quantitative estimate of drug-likeness (QED) is 0.714. The number of hydrogen-bond donors (Lipinski definition) is 3. The third-order valence-electron chi connectivity index (χ3n) is 3.14. The standard InChI is InChI=1S/C16H21N3O2/c1-3-18-16(20)12-6-7-14(17)15(10-12)19-11(2)9-13-5-4-8-21-13/h4-8,10-11,19H,3,9,17H2,1-2H3,(H,18,20). The van der Waals surface area contributed by atoms with Crippen molar-refractivity contribution < 1.29 is 9.21 Å². The SMILES string of the molecule is CCNC(=O)c1ccc(N)c(NC(C)Cc2ccco2)c1. The maximum Gasteiger partial charge on any atom is 0.251 e. The molecule has 0 bridgehead atoms. The predicted octanol–water partition coefficient (Wildman–Crippen LogP) is 2.65. The van der Waals surface area contributed by atoms with Crippen LogP contribution in [0.25, 0.3) is 0 Å². The zero-order valence-corrected chi connectivity index (χ0v) is 12.3. The van der Waals surface area contributed by atoms with Crippen LogP contribution in [0.1, 0.15) is 30.0 Å². The van der Waals surface area contributed by atoms with Gasteiger partial charge in [-0.2, -0.15) is 0 Å². The highest BCUT2D eigenvalue weighted by atomic mass is 16.3. The smallest absolute Gasteiger partial charge is 0.251 e. The van der Waals surface area contributed by atoms with Gasteiger partial charge < -0.3 is 20.8 Å². The van der Waals surface area contributed by atoms with Crippen molar-refractivity contribution in [3.05, 3.63) is 47.9 Å². The van der Waals surface area contributed by atoms with Gasteiger partial charge in [-0.15, -0.1) is 0 Å². The van der Waals surface area contributed by atoms with E-state index in [-0.39, 0.29) is 11.9 Å². The molecular formula is C16H21N3O2. The van der Waals surface area contributed by atoms with E-state index >= 15 is 0 Å². The molecule has 1 aromatic carbocycles. The molecule has 0 spiro atoms. The Labute approximate surface area is 124 Å². The van der Waals surface area contributed by atoms with E-state index in [4.69, 9.17) is 10.2 Å². The number of amides is 1. The summed E-state index contributed by atoms with van der Waals surface area (Å²) in [5.41, 5.74) is 7.95. The summed E-state index contributed by atoms with van der Waals surface area (Å²) in [5, 5.41) is 6.10. The maximum atomic E-state index is 11.9. The average Bonchev–Trinajstić information content (AvgIpc) is 2.94. The van der Waals surface area contributed by atoms with Gasteiger partial charge in [-0.05, 0) is 44.2 Å². The van der Waals surface area contributed by atoms with Gasteiger partial charge in [0.2, 0.25) is 0 Å². The van der Waals surface area contributed by atoms with E-state index in [2.05, 4.69) is 10.6 Å². The van der Waals surface area contributed by atoms with E-state index < -0.39 is 0 Å². The number of furan rings is 1. The van der Waals surface area contributed by atoms with E-state index in [9.17, 15) is 4.79 Å². The number of rotatable bonds is 6. The van der Waals surface area contributed by atoms with E-state index in [1.54, 1.807) is 24.5 Å². The molecule has 2 aromatic rings. The lowest BCUT2D eigenvalue weighted by Crippen LogP contribution is -2.23. The van der Waals surface area contributed by atoms with Crippen LogP contribution in [-0.4, -0.2) is 18.5 Å². The number of carbonyl (C=O) groups excluding carboxylic acids is 1. The first kappa shape index (κ1) is 15.0. The summed E-state index contributed by atoms with van der Waals surface area (Å²) in [4.78, 5) is 11.9. The molecule has 1 amide bonds. The molecule has 5 heteroatoms. The van der Waals surface area contributed by atoms with E-state index in [1.165, 1.54) is 0 Å². The van der Waals surface area contributed by atoms with E-state index in [1.807, 2.05) is 26.0 Å². The van der Waals surface area contributed by atoms with Crippen molar-refractivity contribution in [3.63, 3.8) is 0 Å². The zero-order chi connectivity index (χ0) is 15.2. The van der Waals surface area contributed by atoms with Crippen molar-refractivity contribution in [1.29, 1.82) is 0 Å². The molecule has 0 saturated heterocycles. The Hall–Kier alpha value is -2.43. The Kier molecular flexibility index (Phi) is 4.87. The van der Waals surface area contributed by atoms with Gasteiger partial charge >= 0.3 is 0 Å². The fourth-order valence-corrected chi connectivity index (χ4v) is 2.13. The summed E-state index contributed by atoms with van der Waals surface area (Å²) >= 11 is 0. The molecule has 1 aromatic heterocycles. The molecule has 0 aliphatic heterocycles. The van der Waals surface area contributed by atoms with Gasteiger partial charge in [0, 0.05) is 24.6 Å². The second-order valence-electron chi connectivity index (χ2n) is 4.99. The normalized spacial score (nSPS) is 11.9. The fourth-order valence-electron chi connectivity index (χ4n) is 2.13. The summed E-state index contributed by atoms with van der Waals surface area (Å²) in [6.45, 7) is 4.53. The van der Waals surface area contributed by atoms with Crippen LogP contribution in [-0.2, 0) is 6.42 Å². The summed E-state index contributed by atoms with van der Waals surface area (Å²) < 4.78 is 5.33. The molecule has 21 heavy (non-hydrogen) atoms. The van der Waals surface area contributed by atoms with Crippen LogP contribution in [0.3, 0.4) is 0 Å². The fraction of sp³-hybridized carbons (Fsp3) is 0.312. The highest BCUT2D eigenvalue weighted by molar-refractivity contribution is 5.96. The van der Waals surface area contributed by atoms with Crippen LogP contribution in [0, 0.1) is 0 Å². The van der Waals surface area contributed by atoms with Crippen LogP contribution in [0.2, 0.25) is 0 Å². The topological polar surface area (TPSA) is 80.3 Å². The van der Waals surface area contributed by atoms with Gasteiger partial charge in [-0.3, -0.25) is 4.79 Å². The molecular weight excluding hydrogens is 266 g/mol. The monoisotopic (exact) mass is 287 g/mol. The van der Waals surface area contributed by atoms with Crippen LogP contribution >= 0.6 is 0 Å². The van der Waals surface area contributed by atoms with Crippen molar-refractivity contribution in [3.8, 4) is 0 Å². The molecule has 1 heterocycles. The second kappa shape index (κ2) is 6.83. The van der Waals surface area contributed by atoms with E-state index in [0.717, 1.165) is 17.9 Å². The Bertz CT molecular complexity index is 594. The number of benzene rings is 1. The molecule has 1 unspecified atom stereocenters. The first-order valence-electron chi connectivity index (χ1n) is 7.06. The summed E-state index contributed by atoms with van der Waals surface area (Å²) in [6, 6.07) is 9.19. The Balaban J connectivity index is 2.07. The molecule has 0 saturated carbocycles. The lowest BCUT2D eigenvalue weighted by molar-refractivity contribution is 0.0956. The number of nitrogens with one attached hydrogen (secondary N) is 2. The number of nitrogens with two attached hydrogens (primary N) is 1. The van der Waals surface area contributed by atoms with Crippen LogP contribution in [0.15, 0.2) is 41.0 Å². The Morgan fingerprint density at radius 3 is 2.86 bits per heavy atom. The maximum absolute atomic E-state index is 11.9. The van der Waals surface area contributed by atoms with Crippen LogP contribution in [0.5, 0.6) is 0 Å². The molecule has 0 radical (unpaired) electrons. The second-order valence-corrected chi connectivity index (χ2v) is 4.99. The number of carbonyl (C=O) groups is 1. The zero-order valence-electron chi connectivity index (χ0n) is 12.3. The first-order valence-corrected chi connectivity index (χ1v) is 7.06. The number of hydrogen-bond acceptors (Lipinski definition) is 4. The van der Waals surface area contributed by atoms with Gasteiger partial charge in [-0.25, -0.2) is 0 Å². The van der Waals surface area contributed by atoms with Crippen molar-refractivity contribution in [1.82, 2.24) is 5.32 Å². The third-order valence-corrected chi connectivity index (χ3v) is 3.14. The molecule has 2 rings (SSSR count). The minimum atomic E-state index is -0.0979. The highest BCUT2D eigenvalue weighted by Gasteiger charge is 2.11. The van der Waals surface area contributed by atoms with Gasteiger partial charge in [0.1, 0.15) is 5.76 Å². The van der Waals surface area contributed by atoms with Gasteiger partial charge in [0.15, 0.2) is 0 Å². The minimum absolute atomic E-state index is 0.0979. The predicted molar refractivity (Wildman–Crippen MR) is 84.4 cm³/mol. The Morgan fingerprint density at radius 2 is 2.19 bits per heavy atom. The van der Waals surface area contributed by atoms with Gasteiger partial charge in [-0.1, -0.05) is 0 Å². The molecule has 0 aliphatic rings. The molecule has 5 nitrogen and oxygen atoms in total. The first-order chi connectivity index (χ1) is 10.1. The summed E-state index contributed by atoms with van der Waals surface area (Å²) in [6.07, 6.45) is 2.41. The van der Waals surface area contributed by atoms with Crippen molar-refractivity contribution >= 4 is 17.3 Å². The Morgan fingerprint density at radius 1 is 1.38 bits per heavy atom. The number of nitrogen functional groups attached to an aromatic ring is 1. The number of anilines is 2. The minimum Gasteiger partial charge on any atom is -0.469 e. The lowest BCUT2D eigenvalue weighted by Gasteiger charge is -2.16. The molecule has 0 fully saturated rings. The largest absolute Gasteiger partial charge is 0.469 e.